The number of fused-ring (bicyclic) bond motifs is 1. The number of amides is 2. The fourth-order valence-corrected chi connectivity index (χ4v) is 5.92. The predicted octanol–water partition coefficient (Wildman–Crippen LogP) is 3.57. The lowest BCUT2D eigenvalue weighted by molar-refractivity contribution is -0.140. The number of anilines is 1. The number of likely N-dealkylation sites (tertiary alicyclic amines) is 1. The molecule has 0 aromatic heterocycles. The van der Waals surface area contributed by atoms with Crippen LogP contribution in [0.5, 0.6) is 11.5 Å². The molecule has 2 fully saturated rings. The van der Waals surface area contributed by atoms with Crippen LogP contribution in [0.4, 0.5) is 5.69 Å². The Kier molecular flexibility index (Phi) is 6.60. The van der Waals surface area contributed by atoms with Crippen molar-refractivity contribution in [2.45, 2.75) is 44.0 Å². The van der Waals surface area contributed by atoms with Crippen molar-refractivity contribution < 1.29 is 27.5 Å². The summed E-state index contributed by atoms with van der Waals surface area (Å²) < 4.78 is 39.9. The lowest BCUT2D eigenvalue weighted by Crippen LogP contribution is -2.30. The zero-order valence-corrected chi connectivity index (χ0v) is 19.6. The second kappa shape index (κ2) is 9.43. The van der Waals surface area contributed by atoms with Gasteiger partial charge in [-0.2, -0.15) is 0 Å². The van der Waals surface area contributed by atoms with E-state index in [2.05, 4.69) is 4.72 Å². The summed E-state index contributed by atoms with van der Waals surface area (Å²) in [5.41, 5.74) is 0.843. The van der Waals surface area contributed by atoms with E-state index in [4.69, 9.17) is 9.47 Å². The first kappa shape index (κ1) is 23.1. The molecule has 1 heterocycles. The van der Waals surface area contributed by atoms with E-state index in [-0.39, 0.29) is 40.8 Å². The molecule has 1 N–H and O–H groups in total. The Balaban J connectivity index is 1.62. The van der Waals surface area contributed by atoms with Gasteiger partial charge in [0.15, 0.2) is 0 Å². The number of rotatable bonds is 8. The highest BCUT2D eigenvalue weighted by Gasteiger charge is 2.47. The molecule has 176 valence electrons. The van der Waals surface area contributed by atoms with E-state index in [0.717, 1.165) is 25.7 Å². The molecular weight excluding hydrogens is 444 g/mol. The standard InChI is InChI=1S/C24H28N2O6S/c1-3-32-20-11-7-6-10-19(20)25-33(29,30)22-14-16(12-13-21(22)31-2)15-26-23(27)17-8-4-5-9-18(17)24(26)28/h6-7,10-14,17-18,25H,3-5,8-9,15H2,1-2H3/t17-,18-/m1/s1. The predicted molar refractivity (Wildman–Crippen MR) is 122 cm³/mol. The average Bonchev–Trinajstić information content (AvgIpc) is 3.05. The van der Waals surface area contributed by atoms with Crippen LogP contribution in [0.25, 0.3) is 0 Å². The maximum absolute atomic E-state index is 13.3. The van der Waals surface area contributed by atoms with Crippen LogP contribution in [0, 0.1) is 11.8 Å². The van der Waals surface area contributed by atoms with E-state index in [1.165, 1.54) is 24.1 Å². The van der Waals surface area contributed by atoms with Gasteiger partial charge in [0, 0.05) is 0 Å². The van der Waals surface area contributed by atoms with E-state index in [9.17, 15) is 18.0 Å². The highest BCUT2D eigenvalue weighted by atomic mass is 32.2. The molecule has 0 spiro atoms. The number of nitrogens with zero attached hydrogens (tertiary/aromatic N) is 1. The molecule has 2 aromatic rings. The molecule has 1 saturated heterocycles. The van der Waals surface area contributed by atoms with Crippen molar-refractivity contribution in [2.24, 2.45) is 11.8 Å². The molecule has 2 amide bonds. The van der Waals surface area contributed by atoms with Crippen LogP contribution in [-0.2, 0) is 26.2 Å². The number of carbonyl (C=O) groups excluding carboxylic acids is 2. The molecule has 8 nitrogen and oxygen atoms in total. The van der Waals surface area contributed by atoms with Crippen LogP contribution in [0.1, 0.15) is 38.2 Å². The van der Waals surface area contributed by atoms with Gasteiger partial charge >= 0.3 is 0 Å². The van der Waals surface area contributed by atoms with Gasteiger partial charge in [-0.15, -0.1) is 0 Å². The van der Waals surface area contributed by atoms with Crippen molar-refractivity contribution in [1.82, 2.24) is 4.90 Å². The SMILES string of the molecule is CCOc1ccccc1NS(=O)(=O)c1cc(CN2C(=O)[C@@H]3CCCC[C@H]3C2=O)ccc1OC. The first-order chi connectivity index (χ1) is 15.9. The highest BCUT2D eigenvalue weighted by molar-refractivity contribution is 7.92. The third-order valence-corrected chi connectivity index (χ3v) is 7.61. The second-order valence-electron chi connectivity index (χ2n) is 8.28. The minimum atomic E-state index is -4.04. The molecular formula is C24H28N2O6S. The molecule has 2 atom stereocenters. The van der Waals surface area contributed by atoms with E-state index < -0.39 is 10.0 Å². The van der Waals surface area contributed by atoms with Crippen molar-refractivity contribution in [3.05, 3.63) is 48.0 Å². The summed E-state index contributed by atoms with van der Waals surface area (Å²) in [5, 5.41) is 0. The summed E-state index contributed by atoms with van der Waals surface area (Å²) in [6.07, 6.45) is 3.37. The smallest absolute Gasteiger partial charge is 0.265 e. The van der Waals surface area contributed by atoms with Crippen LogP contribution < -0.4 is 14.2 Å². The van der Waals surface area contributed by atoms with Gasteiger partial charge in [0.25, 0.3) is 10.0 Å². The van der Waals surface area contributed by atoms with Crippen LogP contribution in [0.2, 0.25) is 0 Å². The van der Waals surface area contributed by atoms with Gasteiger partial charge in [0.2, 0.25) is 11.8 Å². The Morgan fingerprint density at radius 3 is 2.30 bits per heavy atom. The van der Waals surface area contributed by atoms with Crippen LogP contribution >= 0.6 is 0 Å². The summed E-state index contributed by atoms with van der Waals surface area (Å²) in [6.45, 7) is 2.24. The Morgan fingerprint density at radius 2 is 1.67 bits per heavy atom. The largest absolute Gasteiger partial charge is 0.495 e. The van der Waals surface area contributed by atoms with E-state index in [1.807, 2.05) is 6.92 Å². The van der Waals surface area contributed by atoms with Crippen LogP contribution in [0.3, 0.4) is 0 Å². The van der Waals surface area contributed by atoms with Gasteiger partial charge in [-0.25, -0.2) is 8.42 Å². The van der Waals surface area contributed by atoms with Gasteiger partial charge in [-0.05, 0) is 49.6 Å². The van der Waals surface area contributed by atoms with Crippen LogP contribution in [-0.4, -0.2) is 38.8 Å². The summed E-state index contributed by atoms with van der Waals surface area (Å²) in [5.74, 6) is -0.237. The number of sulfonamides is 1. The fraction of sp³-hybridized carbons (Fsp3) is 0.417. The summed E-state index contributed by atoms with van der Waals surface area (Å²) in [6, 6.07) is 11.4. The average molecular weight is 473 g/mol. The number of carbonyl (C=O) groups is 2. The Bertz CT molecular complexity index is 1140. The summed E-state index contributed by atoms with van der Waals surface area (Å²) in [7, 11) is -2.66. The summed E-state index contributed by atoms with van der Waals surface area (Å²) >= 11 is 0. The third-order valence-electron chi connectivity index (χ3n) is 6.22. The van der Waals surface area contributed by atoms with Crippen molar-refractivity contribution >= 4 is 27.5 Å². The zero-order valence-electron chi connectivity index (χ0n) is 18.7. The number of nitrogens with one attached hydrogen (secondary N) is 1. The van der Waals surface area contributed by atoms with Crippen molar-refractivity contribution in [3.63, 3.8) is 0 Å². The Morgan fingerprint density at radius 1 is 1.00 bits per heavy atom. The maximum atomic E-state index is 13.3. The Hall–Kier alpha value is -3.07. The zero-order chi connectivity index (χ0) is 23.6. The number of methoxy groups -OCH3 is 1. The molecule has 0 radical (unpaired) electrons. The molecule has 9 heteroatoms. The van der Waals surface area contributed by atoms with Crippen molar-refractivity contribution in [3.8, 4) is 11.5 Å². The number of para-hydroxylation sites is 2. The lowest BCUT2D eigenvalue weighted by Gasteiger charge is -2.19. The number of imide groups is 1. The fourth-order valence-electron chi connectivity index (χ4n) is 4.63. The van der Waals surface area contributed by atoms with E-state index in [0.29, 0.717) is 23.6 Å². The third kappa shape index (κ3) is 4.55. The van der Waals surface area contributed by atoms with Gasteiger partial charge in [0.05, 0.1) is 37.8 Å². The minimum Gasteiger partial charge on any atom is -0.495 e. The molecule has 1 aliphatic carbocycles. The Labute approximate surface area is 193 Å². The first-order valence-corrected chi connectivity index (χ1v) is 12.6. The summed E-state index contributed by atoms with van der Waals surface area (Å²) in [4.78, 5) is 26.9. The maximum Gasteiger partial charge on any atom is 0.265 e. The minimum absolute atomic E-state index is 0.0344. The van der Waals surface area contributed by atoms with Crippen molar-refractivity contribution in [2.75, 3.05) is 18.4 Å². The van der Waals surface area contributed by atoms with Gasteiger partial charge in [-0.1, -0.05) is 31.0 Å². The molecule has 2 aliphatic rings. The van der Waals surface area contributed by atoms with Crippen LogP contribution in [0.15, 0.2) is 47.4 Å². The highest BCUT2D eigenvalue weighted by Crippen LogP contribution is 2.39. The van der Waals surface area contributed by atoms with Gasteiger partial charge in [0.1, 0.15) is 16.4 Å². The van der Waals surface area contributed by atoms with Crippen molar-refractivity contribution in [1.29, 1.82) is 0 Å². The topological polar surface area (TPSA) is 102 Å². The molecule has 2 aromatic carbocycles. The number of ether oxygens (including phenoxy) is 2. The van der Waals surface area contributed by atoms with Gasteiger partial charge < -0.3 is 9.47 Å². The van der Waals surface area contributed by atoms with Gasteiger partial charge in [-0.3, -0.25) is 19.2 Å². The number of hydrogen-bond acceptors (Lipinski definition) is 6. The molecule has 1 saturated carbocycles. The second-order valence-corrected chi connectivity index (χ2v) is 9.93. The monoisotopic (exact) mass is 472 g/mol. The molecule has 1 aliphatic heterocycles. The number of benzene rings is 2. The normalized spacial score (nSPS) is 20.5. The van der Waals surface area contributed by atoms with E-state index in [1.54, 1.807) is 30.3 Å². The molecule has 33 heavy (non-hydrogen) atoms. The molecule has 0 unspecified atom stereocenters. The van der Waals surface area contributed by atoms with E-state index >= 15 is 0 Å². The molecule has 4 rings (SSSR count). The quantitative estimate of drug-likeness (QED) is 0.590. The lowest BCUT2D eigenvalue weighted by atomic mass is 9.81. The number of hydrogen-bond donors (Lipinski definition) is 1. The first-order valence-electron chi connectivity index (χ1n) is 11.1. The molecule has 0 bridgehead atoms.